The average Bonchev–Trinajstić information content (AvgIpc) is 3.26. The van der Waals surface area contributed by atoms with Crippen LogP contribution < -0.4 is 5.73 Å². The van der Waals surface area contributed by atoms with Crippen LogP contribution in [0.15, 0.2) is 49.2 Å². The molecule has 4 rings (SSSR count). The lowest BCUT2D eigenvalue weighted by Crippen LogP contribution is -2.03. The second-order valence-electron chi connectivity index (χ2n) is 5.99. The second kappa shape index (κ2) is 6.30. The first kappa shape index (κ1) is 16.3. The topological polar surface area (TPSA) is 74.0 Å². The molecule has 1 aromatic carbocycles. The Balaban J connectivity index is 1.87. The SMILES string of the molecule is Cn1cc(-c2cc3c(-c4ccc(CN)c(C(F)F)c4)ncnn3c2)cn1. The van der Waals surface area contributed by atoms with Crippen molar-refractivity contribution in [2.24, 2.45) is 12.8 Å². The molecule has 3 aromatic heterocycles. The zero-order chi connectivity index (χ0) is 18.3. The van der Waals surface area contributed by atoms with Crippen LogP contribution in [-0.2, 0) is 13.6 Å². The summed E-state index contributed by atoms with van der Waals surface area (Å²) in [4.78, 5) is 4.32. The maximum absolute atomic E-state index is 13.3. The molecule has 4 aromatic rings. The number of rotatable bonds is 4. The normalized spacial score (nSPS) is 11.6. The van der Waals surface area contributed by atoms with E-state index in [0.29, 0.717) is 16.8 Å². The molecular formula is C18H16F2N6. The molecule has 0 radical (unpaired) electrons. The first-order valence-corrected chi connectivity index (χ1v) is 8.00. The van der Waals surface area contributed by atoms with E-state index in [-0.39, 0.29) is 12.1 Å². The van der Waals surface area contributed by atoms with E-state index in [1.165, 1.54) is 12.4 Å². The summed E-state index contributed by atoms with van der Waals surface area (Å²) < 4.78 is 30.1. The molecule has 132 valence electrons. The molecular weight excluding hydrogens is 338 g/mol. The van der Waals surface area contributed by atoms with Crippen LogP contribution in [0.4, 0.5) is 8.78 Å². The monoisotopic (exact) mass is 354 g/mol. The van der Waals surface area contributed by atoms with Crippen LogP contribution >= 0.6 is 0 Å². The van der Waals surface area contributed by atoms with E-state index in [1.807, 2.05) is 25.5 Å². The first-order valence-electron chi connectivity index (χ1n) is 8.00. The standard InChI is InChI=1S/C18H16F2N6/c1-25-8-14(7-23-25)13-5-16-17(22-10-24-26(16)9-13)11-2-3-12(6-21)15(4-11)18(19)20/h2-5,7-10,18H,6,21H2,1H3. The Morgan fingerprint density at radius 2 is 1.92 bits per heavy atom. The Hall–Kier alpha value is -3.13. The molecule has 0 saturated heterocycles. The number of alkyl halides is 2. The van der Waals surface area contributed by atoms with E-state index in [2.05, 4.69) is 15.2 Å². The van der Waals surface area contributed by atoms with Gasteiger partial charge in [0.2, 0.25) is 0 Å². The van der Waals surface area contributed by atoms with Gasteiger partial charge in [-0.3, -0.25) is 4.68 Å². The Bertz CT molecular complexity index is 1080. The molecule has 0 saturated carbocycles. The number of nitrogens with zero attached hydrogens (tertiary/aromatic N) is 5. The van der Waals surface area contributed by atoms with Crippen molar-refractivity contribution in [2.45, 2.75) is 13.0 Å². The largest absolute Gasteiger partial charge is 0.326 e. The summed E-state index contributed by atoms with van der Waals surface area (Å²) in [5.74, 6) is 0. The fraction of sp³-hybridized carbons (Fsp3) is 0.167. The molecule has 0 aliphatic heterocycles. The van der Waals surface area contributed by atoms with Gasteiger partial charge in [-0.25, -0.2) is 18.3 Å². The maximum Gasteiger partial charge on any atom is 0.264 e. The number of benzene rings is 1. The van der Waals surface area contributed by atoms with Crippen LogP contribution in [0.25, 0.3) is 27.9 Å². The summed E-state index contributed by atoms with van der Waals surface area (Å²) in [6.07, 6.45) is 4.33. The Kier molecular flexibility index (Phi) is 3.96. The zero-order valence-electron chi connectivity index (χ0n) is 14.0. The lowest BCUT2D eigenvalue weighted by Gasteiger charge is -2.10. The van der Waals surface area contributed by atoms with Gasteiger partial charge in [0.05, 0.1) is 17.4 Å². The number of aromatic nitrogens is 5. The molecule has 2 N–H and O–H groups in total. The van der Waals surface area contributed by atoms with Crippen molar-refractivity contribution in [2.75, 3.05) is 0 Å². The number of hydrogen-bond acceptors (Lipinski definition) is 4. The van der Waals surface area contributed by atoms with Gasteiger partial charge in [-0.15, -0.1) is 0 Å². The van der Waals surface area contributed by atoms with E-state index in [4.69, 9.17) is 5.73 Å². The second-order valence-corrected chi connectivity index (χ2v) is 5.99. The van der Waals surface area contributed by atoms with Gasteiger partial charge in [-0.05, 0) is 17.7 Å². The van der Waals surface area contributed by atoms with E-state index >= 15 is 0 Å². The zero-order valence-corrected chi connectivity index (χ0v) is 14.0. The minimum atomic E-state index is -2.59. The lowest BCUT2D eigenvalue weighted by atomic mass is 10.0. The lowest BCUT2D eigenvalue weighted by molar-refractivity contribution is 0.150. The smallest absolute Gasteiger partial charge is 0.264 e. The molecule has 0 aliphatic carbocycles. The fourth-order valence-electron chi connectivity index (χ4n) is 3.01. The van der Waals surface area contributed by atoms with Gasteiger partial charge >= 0.3 is 0 Å². The summed E-state index contributed by atoms with van der Waals surface area (Å²) in [6.45, 7) is 0.0649. The van der Waals surface area contributed by atoms with Crippen molar-refractivity contribution < 1.29 is 8.78 Å². The summed E-state index contributed by atoms with van der Waals surface area (Å²) >= 11 is 0. The van der Waals surface area contributed by atoms with Crippen LogP contribution in [0.3, 0.4) is 0 Å². The summed E-state index contributed by atoms with van der Waals surface area (Å²) in [5, 5.41) is 8.39. The number of aryl methyl sites for hydroxylation is 1. The highest BCUT2D eigenvalue weighted by Gasteiger charge is 2.16. The number of halogens is 2. The summed E-state index contributed by atoms with van der Waals surface area (Å²) in [5.41, 5.74) is 9.70. The van der Waals surface area contributed by atoms with Crippen LogP contribution in [0, 0.1) is 0 Å². The molecule has 8 heteroatoms. The molecule has 6 nitrogen and oxygen atoms in total. The molecule has 0 aliphatic rings. The quantitative estimate of drug-likeness (QED) is 0.611. The van der Waals surface area contributed by atoms with E-state index in [0.717, 1.165) is 16.6 Å². The molecule has 0 bridgehead atoms. The average molecular weight is 354 g/mol. The van der Waals surface area contributed by atoms with Gasteiger partial charge in [-0.1, -0.05) is 12.1 Å². The predicted octanol–water partition coefficient (Wildman–Crippen LogP) is 3.19. The van der Waals surface area contributed by atoms with Crippen molar-refractivity contribution in [1.82, 2.24) is 24.4 Å². The highest BCUT2D eigenvalue weighted by molar-refractivity contribution is 5.81. The van der Waals surface area contributed by atoms with E-state index in [1.54, 1.807) is 27.5 Å². The Morgan fingerprint density at radius 3 is 2.62 bits per heavy atom. The van der Waals surface area contributed by atoms with Crippen molar-refractivity contribution >= 4 is 5.52 Å². The third-order valence-corrected chi connectivity index (χ3v) is 4.32. The van der Waals surface area contributed by atoms with Gasteiger partial charge in [0, 0.05) is 48.2 Å². The minimum absolute atomic E-state index is 0.0649. The van der Waals surface area contributed by atoms with Crippen LogP contribution in [0.5, 0.6) is 0 Å². The molecule has 0 atom stereocenters. The number of nitrogens with two attached hydrogens (primary N) is 1. The van der Waals surface area contributed by atoms with Gasteiger partial charge in [-0.2, -0.15) is 10.2 Å². The number of fused-ring (bicyclic) bond motifs is 1. The third kappa shape index (κ3) is 2.74. The summed E-state index contributed by atoms with van der Waals surface area (Å²) in [7, 11) is 1.84. The maximum atomic E-state index is 13.3. The third-order valence-electron chi connectivity index (χ3n) is 4.32. The highest BCUT2D eigenvalue weighted by atomic mass is 19.3. The fourth-order valence-corrected chi connectivity index (χ4v) is 3.01. The van der Waals surface area contributed by atoms with Crippen LogP contribution in [0.2, 0.25) is 0 Å². The molecule has 26 heavy (non-hydrogen) atoms. The highest BCUT2D eigenvalue weighted by Crippen LogP contribution is 2.31. The minimum Gasteiger partial charge on any atom is -0.326 e. The van der Waals surface area contributed by atoms with Gasteiger partial charge in [0.15, 0.2) is 0 Å². The Labute approximate surface area is 147 Å². The van der Waals surface area contributed by atoms with E-state index in [9.17, 15) is 8.78 Å². The van der Waals surface area contributed by atoms with Crippen molar-refractivity contribution in [3.63, 3.8) is 0 Å². The van der Waals surface area contributed by atoms with Crippen molar-refractivity contribution in [3.8, 4) is 22.4 Å². The van der Waals surface area contributed by atoms with Crippen molar-refractivity contribution in [3.05, 3.63) is 60.3 Å². The molecule has 0 unspecified atom stereocenters. The number of hydrogen-bond donors (Lipinski definition) is 1. The van der Waals surface area contributed by atoms with Crippen LogP contribution in [-0.4, -0.2) is 24.4 Å². The van der Waals surface area contributed by atoms with Gasteiger partial charge in [0.1, 0.15) is 6.33 Å². The molecule has 0 fully saturated rings. The van der Waals surface area contributed by atoms with Crippen LogP contribution in [0.1, 0.15) is 17.6 Å². The predicted molar refractivity (Wildman–Crippen MR) is 93.5 cm³/mol. The molecule has 0 spiro atoms. The molecule has 3 heterocycles. The van der Waals surface area contributed by atoms with Gasteiger partial charge in [0.25, 0.3) is 6.43 Å². The van der Waals surface area contributed by atoms with Crippen molar-refractivity contribution in [1.29, 1.82) is 0 Å². The van der Waals surface area contributed by atoms with Gasteiger partial charge < -0.3 is 5.73 Å². The molecule has 0 amide bonds. The Morgan fingerprint density at radius 1 is 1.08 bits per heavy atom. The first-order chi connectivity index (χ1) is 12.6. The van der Waals surface area contributed by atoms with E-state index < -0.39 is 6.43 Å². The summed E-state index contributed by atoms with van der Waals surface area (Å²) in [6, 6.07) is 6.75.